The average Bonchev–Trinajstić information content (AvgIpc) is 2.78. The first kappa shape index (κ1) is 32.4. The molecule has 0 spiro atoms. The highest BCUT2D eigenvalue weighted by molar-refractivity contribution is 9.09. The van der Waals surface area contributed by atoms with E-state index in [1.54, 1.807) is 0 Å². The lowest BCUT2D eigenvalue weighted by Crippen LogP contribution is -2.27. The van der Waals surface area contributed by atoms with E-state index in [2.05, 4.69) is 41.8 Å². The molecule has 194 valence electrons. The molecule has 0 heterocycles. The highest BCUT2D eigenvalue weighted by Crippen LogP contribution is 2.18. The van der Waals surface area contributed by atoms with Gasteiger partial charge in [-0.15, -0.1) is 0 Å². The summed E-state index contributed by atoms with van der Waals surface area (Å²) in [5, 5.41) is 1.17. The minimum absolute atomic E-state index is 0.810. The molecule has 0 fully saturated rings. The maximum absolute atomic E-state index is 3.54. The fourth-order valence-electron chi connectivity index (χ4n) is 4.95. The molecule has 0 bridgehead atoms. The van der Waals surface area contributed by atoms with Gasteiger partial charge in [-0.2, -0.15) is 0 Å². The first-order valence-electron chi connectivity index (χ1n) is 14.9. The number of hydrogen-bond donors (Lipinski definition) is 0. The summed E-state index contributed by atoms with van der Waals surface area (Å²) in [5.74, 6) is 0. The number of rotatable bonds is 27. The normalized spacial score (nSPS) is 12.7. The van der Waals surface area contributed by atoms with Gasteiger partial charge in [0.05, 0.1) is 0 Å². The number of nitrogens with zero attached hydrogens (tertiary/aromatic N) is 1. The molecule has 0 radical (unpaired) electrons. The monoisotopic (exact) mass is 515 g/mol. The van der Waals surface area contributed by atoms with Crippen LogP contribution in [0.4, 0.5) is 0 Å². The SMILES string of the molecule is CCCCCCCCCCCCCCCCCCCCCC(CCCCCCBr)N(C)C. The van der Waals surface area contributed by atoms with Crippen molar-refractivity contribution in [2.24, 2.45) is 0 Å². The Morgan fingerprint density at radius 1 is 0.438 bits per heavy atom. The maximum Gasteiger partial charge on any atom is 0.00891 e. The van der Waals surface area contributed by atoms with Crippen molar-refractivity contribution >= 4 is 15.9 Å². The first-order valence-corrected chi connectivity index (χ1v) is 16.1. The Balaban J connectivity index is 3.27. The Hall–Kier alpha value is 0.440. The van der Waals surface area contributed by atoms with Crippen LogP contribution in [0.1, 0.15) is 167 Å². The second-order valence-corrected chi connectivity index (χ2v) is 11.5. The van der Waals surface area contributed by atoms with Crippen molar-refractivity contribution in [3.8, 4) is 0 Å². The third-order valence-electron chi connectivity index (χ3n) is 7.29. The molecule has 0 aliphatic carbocycles. The van der Waals surface area contributed by atoms with E-state index >= 15 is 0 Å². The van der Waals surface area contributed by atoms with Crippen LogP contribution in [0.25, 0.3) is 0 Å². The lowest BCUT2D eigenvalue weighted by Gasteiger charge is -2.24. The first-order chi connectivity index (χ1) is 15.7. The van der Waals surface area contributed by atoms with E-state index in [9.17, 15) is 0 Å². The number of hydrogen-bond acceptors (Lipinski definition) is 1. The van der Waals surface area contributed by atoms with E-state index in [4.69, 9.17) is 0 Å². The Bertz CT molecular complexity index is 331. The number of unbranched alkanes of at least 4 members (excludes halogenated alkanes) is 21. The summed E-state index contributed by atoms with van der Waals surface area (Å²) in [7, 11) is 4.55. The van der Waals surface area contributed by atoms with Crippen molar-refractivity contribution in [1.29, 1.82) is 0 Å². The van der Waals surface area contributed by atoms with Crippen LogP contribution in [0.2, 0.25) is 0 Å². The van der Waals surface area contributed by atoms with Gasteiger partial charge in [-0.1, -0.05) is 164 Å². The lowest BCUT2D eigenvalue weighted by molar-refractivity contribution is 0.251. The molecular weight excluding hydrogens is 454 g/mol. The molecule has 0 aliphatic rings. The fraction of sp³-hybridized carbons (Fsp3) is 1.00. The summed E-state index contributed by atoms with van der Waals surface area (Å²) >= 11 is 3.54. The Kier molecular flexibility index (Phi) is 28.1. The van der Waals surface area contributed by atoms with Crippen LogP contribution in [0.3, 0.4) is 0 Å². The van der Waals surface area contributed by atoms with E-state index in [0.717, 1.165) is 6.04 Å². The Labute approximate surface area is 213 Å². The summed E-state index contributed by atoms with van der Waals surface area (Å²) < 4.78 is 0. The van der Waals surface area contributed by atoms with Gasteiger partial charge < -0.3 is 4.90 Å². The van der Waals surface area contributed by atoms with Gasteiger partial charge in [0.25, 0.3) is 0 Å². The van der Waals surface area contributed by atoms with E-state index in [0.29, 0.717) is 0 Å². The fourth-order valence-corrected chi connectivity index (χ4v) is 5.34. The minimum atomic E-state index is 0.810. The van der Waals surface area contributed by atoms with Crippen LogP contribution >= 0.6 is 15.9 Å². The van der Waals surface area contributed by atoms with Gasteiger partial charge in [-0.3, -0.25) is 0 Å². The smallest absolute Gasteiger partial charge is 0.00891 e. The molecule has 0 aromatic carbocycles. The lowest BCUT2D eigenvalue weighted by atomic mass is 9.99. The molecule has 0 N–H and O–H groups in total. The predicted octanol–water partition coefficient (Wildman–Crippen LogP) is 11.1. The van der Waals surface area contributed by atoms with E-state index < -0.39 is 0 Å². The third kappa shape index (κ3) is 25.1. The Morgan fingerprint density at radius 3 is 1.00 bits per heavy atom. The highest BCUT2D eigenvalue weighted by Gasteiger charge is 2.10. The van der Waals surface area contributed by atoms with Crippen LogP contribution in [-0.4, -0.2) is 30.4 Å². The van der Waals surface area contributed by atoms with E-state index in [1.807, 2.05) is 0 Å². The standard InChI is InChI=1S/C30H62BrN/c1-4-5-6-7-8-9-10-11-12-13-14-15-16-17-18-19-20-21-24-27-30(32(2)3)28-25-22-23-26-29-31/h30H,4-29H2,1-3H3. The van der Waals surface area contributed by atoms with Crippen LogP contribution in [0.15, 0.2) is 0 Å². The van der Waals surface area contributed by atoms with E-state index in [1.165, 1.54) is 166 Å². The second kappa shape index (κ2) is 27.7. The molecule has 1 nitrogen and oxygen atoms in total. The van der Waals surface area contributed by atoms with Gasteiger partial charge in [0, 0.05) is 11.4 Å². The quantitative estimate of drug-likeness (QED) is 0.0775. The van der Waals surface area contributed by atoms with Gasteiger partial charge in [-0.05, 0) is 33.4 Å². The number of alkyl halides is 1. The van der Waals surface area contributed by atoms with Crippen molar-refractivity contribution < 1.29 is 0 Å². The van der Waals surface area contributed by atoms with Gasteiger partial charge in [0.15, 0.2) is 0 Å². The summed E-state index contributed by atoms with van der Waals surface area (Å²) in [6, 6.07) is 0.810. The van der Waals surface area contributed by atoms with Crippen LogP contribution in [0.5, 0.6) is 0 Å². The molecule has 0 rings (SSSR count). The van der Waals surface area contributed by atoms with Gasteiger partial charge in [-0.25, -0.2) is 0 Å². The van der Waals surface area contributed by atoms with Crippen molar-refractivity contribution in [2.75, 3.05) is 19.4 Å². The van der Waals surface area contributed by atoms with Gasteiger partial charge in [0.1, 0.15) is 0 Å². The molecular formula is C30H62BrN. The molecule has 0 aromatic rings. The largest absolute Gasteiger partial charge is 0.306 e. The predicted molar refractivity (Wildman–Crippen MR) is 152 cm³/mol. The molecule has 32 heavy (non-hydrogen) atoms. The van der Waals surface area contributed by atoms with Crippen LogP contribution < -0.4 is 0 Å². The molecule has 2 heteroatoms. The van der Waals surface area contributed by atoms with Gasteiger partial charge >= 0.3 is 0 Å². The molecule has 0 saturated carbocycles. The molecule has 0 aliphatic heterocycles. The second-order valence-electron chi connectivity index (χ2n) is 10.7. The molecule has 0 saturated heterocycles. The van der Waals surface area contributed by atoms with Crippen LogP contribution in [0, 0.1) is 0 Å². The Morgan fingerprint density at radius 2 is 0.719 bits per heavy atom. The zero-order valence-corrected chi connectivity index (χ0v) is 24.4. The topological polar surface area (TPSA) is 3.24 Å². The summed E-state index contributed by atoms with van der Waals surface area (Å²) in [5.41, 5.74) is 0. The molecule has 1 unspecified atom stereocenters. The van der Waals surface area contributed by atoms with Crippen molar-refractivity contribution in [3.05, 3.63) is 0 Å². The zero-order valence-electron chi connectivity index (χ0n) is 22.8. The van der Waals surface area contributed by atoms with Crippen molar-refractivity contribution in [3.63, 3.8) is 0 Å². The van der Waals surface area contributed by atoms with Crippen LogP contribution in [-0.2, 0) is 0 Å². The number of halogens is 1. The van der Waals surface area contributed by atoms with Gasteiger partial charge in [0.2, 0.25) is 0 Å². The zero-order chi connectivity index (χ0) is 23.5. The summed E-state index contributed by atoms with van der Waals surface area (Å²) in [4.78, 5) is 2.47. The van der Waals surface area contributed by atoms with E-state index in [-0.39, 0.29) is 0 Å². The summed E-state index contributed by atoms with van der Waals surface area (Å²) in [6.07, 6.45) is 36.2. The summed E-state index contributed by atoms with van der Waals surface area (Å²) in [6.45, 7) is 2.30. The van der Waals surface area contributed by atoms with Crippen molar-refractivity contribution in [1.82, 2.24) is 4.90 Å². The molecule has 1 atom stereocenters. The third-order valence-corrected chi connectivity index (χ3v) is 7.85. The highest BCUT2D eigenvalue weighted by atomic mass is 79.9. The average molecular weight is 517 g/mol. The molecule has 0 aromatic heterocycles. The molecule has 0 amide bonds. The maximum atomic E-state index is 3.54. The van der Waals surface area contributed by atoms with Crippen molar-refractivity contribution in [2.45, 2.75) is 173 Å². The minimum Gasteiger partial charge on any atom is -0.306 e.